The zero-order chi connectivity index (χ0) is 20.5. The molecular formula is C19H23F3N4O2. The van der Waals surface area contributed by atoms with Crippen molar-refractivity contribution in [3.63, 3.8) is 0 Å². The Hall–Kier alpha value is -2.58. The fourth-order valence-electron chi connectivity index (χ4n) is 3.73. The highest BCUT2D eigenvalue weighted by Crippen LogP contribution is 2.29. The van der Waals surface area contributed by atoms with Gasteiger partial charge in [0.25, 0.3) is 0 Å². The summed E-state index contributed by atoms with van der Waals surface area (Å²) in [4.78, 5) is 26.8. The zero-order valence-corrected chi connectivity index (χ0v) is 15.8. The quantitative estimate of drug-likeness (QED) is 0.798. The molecule has 28 heavy (non-hydrogen) atoms. The lowest BCUT2D eigenvalue weighted by Crippen LogP contribution is -2.43. The van der Waals surface area contributed by atoms with Crippen LogP contribution in [0.3, 0.4) is 0 Å². The summed E-state index contributed by atoms with van der Waals surface area (Å²) in [5.41, 5.74) is 0.167. The van der Waals surface area contributed by atoms with E-state index in [0.29, 0.717) is 36.9 Å². The maximum absolute atomic E-state index is 13.0. The number of hydrogen-bond donors (Lipinski definition) is 0. The third kappa shape index (κ3) is 3.83. The van der Waals surface area contributed by atoms with Gasteiger partial charge in [0.2, 0.25) is 11.7 Å². The summed E-state index contributed by atoms with van der Waals surface area (Å²) in [5, 5.41) is 3.51. The van der Waals surface area contributed by atoms with E-state index >= 15 is 0 Å². The minimum absolute atomic E-state index is 0.0106. The van der Waals surface area contributed by atoms with Crippen molar-refractivity contribution >= 4 is 5.91 Å². The Morgan fingerprint density at radius 2 is 1.82 bits per heavy atom. The van der Waals surface area contributed by atoms with Crippen molar-refractivity contribution in [1.29, 1.82) is 0 Å². The van der Waals surface area contributed by atoms with Crippen LogP contribution in [-0.4, -0.2) is 38.2 Å². The van der Waals surface area contributed by atoms with E-state index in [1.807, 2.05) is 37.3 Å². The van der Waals surface area contributed by atoms with Crippen molar-refractivity contribution in [2.45, 2.75) is 44.3 Å². The maximum atomic E-state index is 13.0. The van der Waals surface area contributed by atoms with Gasteiger partial charge in [-0.25, -0.2) is 9.48 Å². The normalized spacial score (nSPS) is 17.0. The zero-order valence-electron chi connectivity index (χ0n) is 15.8. The van der Waals surface area contributed by atoms with Crippen LogP contribution < -0.4 is 5.69 Å². The standard InChI is InChI=1S/C19H23F3N4O2/c1-3-15(13-7-5-4-6-8-13)16(27)25-11-9-14(10-12-25)26-18(28)24(2)17(23-26)19(20,21)22/h4-8,14-15H,3,9-12H2,1-2H3. The van der Waals surface area contributed by atoms with E-state index in [9.17, 15) is 22.8 Å². The largest absolute Gasteiger partial charge is 0.451 e. The van der Waals surface area contributed by atoms with E-state index in [1.54, 1.807) is 4.90 Å². The Balaban J connectivity index is 1.71. The molecule has 1 unspecified atom stereocenters. The molecule has 0 bridgehead atoms. The molecule has 1 fully saturated rings. The fraction of sp³-hybridized carbons (Fsp3) is 0.526. The summed E-state index contributed by atoms with van der Waals surface area (Å²) in [6.07, 6.45) is -3.23. The van der Waals surface area contributed by atoms with Gasteiger partial charge in [-0.05, 0) is 24.8 Å². The Morgan fingerprint density at radius 1 is 1.21 bits per heavy atom. The van der Waals surface area contributed by atoms with Gasteiger partial charge in [0, 0.05) is 20.1 Å². The lowest BCUT2D eigenvalue weighted by atomic mass is 9.93. The molecule has 1 aromatic heterocycles. The van der Waals surface area contributed by atoms with Gasteiger partial charge in [0.1, 0.15) is 0 Å². The van der Waals surface area contributed by atoms with E-state index in [1.165, 1.54) is 0 Å². The average molecular weight is 396 g/mol. The number of carbonyl (C=O) groups is 1. The number of halogens is 3. The van der Waals surface area contributed by atoms with Gasteiger partial charge >= 0.3 is 11.9 Å². The highest BCUT2D eigenvalue weighted by Gasteiger charge is 2.39. The van der Waals surface area contributed by atoms with Crippen molar-refractivity contribution in [1.82, 2.24) is 19.2 Å². The molecule has 1 aliphatic rings. The lowest BCUT2D eigenvalue weighted by Gasteiger charge is -2.34. The molecule has 2 heterocycles. The number of aromatic nitrogens is 3. The Kier molecular flexibility index (Phi) is 5.62. The summed E-state index contributed by atoms with van der Waals surface area (Å²) >= 11 is 0. The first kappa shape index (κ1) is 20.2. The summed E-state index contributed by atoms with van der Waals surface area (Å²) in [5.74, 6) is -1.44. The Bertz CT molecular complexity index is 881. The van der Waals surface area contributed by atoms with Crippen LogP contribution in [0.5, 0.6) is 0 Å². The van der Waals surface area contributed by atoms with Gasteiger partial charge in [-0.3, -0.25) is 9.36 Å². The first-order chi connectivity index (χ1) is 13.2. The summed E-state index contributed by atoms with van der Waals surface area (Å²) < 4.78 is 40.4. The molecule has 0 radical (unpaired) electrons. The van der Waals surface area contributed by atoms with E-state index < -0.39 is 23.7 Å². The summed E-state index contributed by atoms with van der Waals surface area (Å²) in [7, 11) is 1.07. The minimum Gasteiger partial charge on any atom is -0.342 e. The molecule has 152 valence electrons. The van der Waals surface area contributed by atoms with Crippen LogP contribution in [0.2, 0.25) is 0 Å². The number of carbonyl (C=O) groups excluding carboxylic acids is 1. The second-order valence-corrected chi connectivity index (χ2v) is 7.04. The van der Waals surface area contributed by atoms with Gasteiger partial charge in [-0.2, -0.15) is 13.2 Å². The molecule has 6 nitrogen and oxygen atoms in total. The van der Waals surface area contributed by atoms with Crippen molar-refractivity contribution < 1.29 is 18.0 Å². The average Bonchev–Trinajstić information content (AvgIpc) is 2.98. The summed E-state index contributed by atoms with van der Waals surface area (Å²) in [6.45, 7) is 2.73. The molecule has 1 saturated heterocycles. The molecule has 1 aromatic carbocycles. The lowest BCUT2D eigenvalue weighted by molar-refractivity contribution is -0.147. The van der Waals surface area contributed by atoms with E-state index in [0.717, 1.165) is 17.3 Å². The molecular weight excluding hydrogens is 373 g/mol. The van der Waals surface area contributed by atoms with Gasteiger partial charge in [-0.15, -0.1) is 5.10 Å². The van der Waals surface area contributed by atoms with E-state index in [2.05, 4.69) is 5.10 Å². The molecule has 1 aliphatic heterocycles. The first-order valence-corrected chi connectivity index (χ1v) is 9.30. The van der Waals surface area contributed by atoms with Crippen molar-refractivity contribution in [2.24, 2.45) is 7.05 Å². The number of hydrogen-bond acceptors (Lipinski definition) is 3. The molecule has 0 spiro atoms. The Labute approximate surface area is 160 Å². The molecule has 9 heteroatoms. The molecule has 1 amide bonds. The van der Waals surface area contributed by atoms with Crippen LogP contribution in [0, 0.1) is 0 Å². The van der Waals surface area contributed by atoms with Crippen LogP contribution in [0.25, 0.3) is 0 Å². The number of amides is 1. The van der Waals surface area contributed by atoms with Gasteiger partial charge < -0.3 is 4.90 Å². The smallest absolute Gasteiger partial charge is 0.342 e. The van der Waals surface area contributed by atoms with Crippen LogP contribution in [-0.2, 0) is 18.0 Å². The molecule has 0 saturated carbocycles. The van der Waals surface area contributed by atoms with Crippen LogP contribution >= 0.6 is 0 Å². The second-order valence-electron chi connectivity index (χ2n) is 7.04. The fourth-order valence-corrected chi connectivity index (χ4v) is 3.73. The number of piperidine rings is 1. The van der Waals surface area contributed by atoms with Crippen LogP contribution in [0.15, 0.2) is 35.1 Å². The highest BCUT2D eigenvalue weighted by molar-refractivity contribution is 5.83. The van der Waals surface area contributed by atoms with Gasteiger partial charge in [0.05, 0.1) is 12.0 Å². The summed E-state index contributed by atoms with van der Waals surface area (Å²) in [6, 6.07) is 9.07. The highest BCUT2D eigenvalue weighted by atomic mass is 19.4. The van der Waals surface area contributed by atoms with Gasteiger partial charge in [0.15, 0.2) is 0 Å². The molecule has 3 rings (SSSR count). The van der Waals surface area contributed by atoms with Crippen LogP contribution in [0.1, 0.15) is 49.5 Å². The number of rotatable bonds is 4. The number of likely N-dealkylation sites (tertiary alicyclic amines) is 1. The molecule has 0 N–H and O–H groups in total. The number of benzene rings is 1. The topological polar surface area (TPSA) is 60.1 Å². The molecule has 2 aromatic rings. The SMILES string of the molecule is CCC(C(=O)N1CCC(n2nc(C(F)(F)F)n(C)c2=O)CC1)c1ccccc1. The third-order valence-corrected chi connectivity index (χ3v) is 5.29. The maximum Gasteiger partial charge on any atom is 0.451 e. The molecule has 0 aliphatic carbocycles. The van der Waals surface area contributed by atoms with E-state index in [-0.39, 0.29) is 11.8 Å². The van der Waals surface area contributed by atoms with Crippen molar-refractivity contribution in [3.05, 3.63) is 52.2 Å². The van der Waals surface area contributed by atoms with Crippen LogP contribution in [0.4, 0.5) is 13.2 Å². The Morgan fingerprint density at radius 3 is 2.32 bits per heavy atom. The third-order valence-electron chi connectivity index (χ3n) is 5.29. The predicted molar refractivity (Wildman–Crippen MR) is 96.8 cm³/mol. The number of alkyl halides is 3. The first-order valence-electron chi connectivity index (χ1n) is 9.30. The second kappa shape index (κ2) is 7.81. The monoisotopic (exact) mass is 396 g/mol. The van der Waals surface area contributed by atoms with Crippen molar-refractivity contribution in [3.8, 4) is 0 Å². The van der Waals surface area contributed by atoms with Crippen molar-refractivity contribution in [2.75, 3.05) is 13.1 Å². The minimum atomic E-state index is -4.68. The number of nitrogens with zero attached hydrogens (tertiary/aromatic N) is 4. The molecule has 1 atom stereocenters. The predicted octanol–water partition coefficient (Wildman–Crippen LogP) is 2.96. The van der Waals surface area contributed by atoms with E-state index in [4.69, 9.17) is 0 Å². The van der Waals surface area contributed by atoms with Gasteiger partial charge in [-0.1, -0.05) is 37.3 Å².